The Bertz CT molecular complexity index is 685. The predicted molar refractivity (Wildman–Crippen MR) is 77.8 cm³/mol. The highest BCUT2D eigenvalue weighted by atomic mass is 16.6. The molecule has 8 nitrogen and oxygen atoms in total. The SMILES string of the molecule is Cc1c(NC(=O)c2ccc(NN)cn2)cccc1[N+](=O)[O-]. The monoisotopic (exact) mass is 287 g/mol. The fourth-order valence-corrected chi connectivity index (χ4v) is 1.76. The summed E-state index contributed by atoms with van der Waals surface area (Å²) in [5, 5.41) is 13.5. The van der Waals surface area contributed by atoms with Gasteiger partial charge in [-0.05, 0) is 25.1 Å². The van der Waals surface area contributed by atoms with Crippen molar-refractivity contribution < 1.29 is 9.72 Å². The summed E-state index contributed by atoms with van der Waals surface area (Å²) in [5.74, 6) is 4.75. The van der Waals surface area contributed by atoms with Crippen LogP contribution in [0.15, 0.2) is 36.5 Å². The number of nitrogens with zero attached hydrogens (tertiary/aromatic N) is 2. The number of anilines is 2. The van der Waals surface area contributed by atoms with Gasteiger partial charge in [0.05, 0.1) is 28.1 Å². The Morgan fingerprint density at radius 2 is 2.10 bits per heavy atom. The molecule has 2 rings (SSSR count). The Morgan fingerprint density at radius 1 is 1.33 bits per heavy atom. The molecule has 4 N–H and O–H groups in total. The number of nitrogens with two attached hydrogens (primary N) is 1. The molecule has 0 bridgehead atoms. The second-order valence-corrected chi connectivity index (χ2v) is 4.24. The van der Waals surface area contributed by atoms with Gasteiger partial charge in [-0.15, -0.1) is 0 Å². The summed E-state index contributed by atoms with van der Waals surface area (Å²) in [4.78, 5) is 26.4. The van der Waals surface area contributed by atoms with E-state index < -0.39 is 10.8 Å². The summed E-state index contributed by atoms with van der Waals surface area (Å²) in [6.07, 6.45) is 1.41. The Kier molecular flexibility index (Phi) is 4.10. The summed E-state index contributed by atoms with van der Waals surface area (Å²) in [7, 11) is 0. The highest BCUT2D eigenvalue weighted by molar-refractivity contribution is 6.03. The normalized spacial score (nSPS) is 10.0. The first-order valence-electron chi connectivity index (χ1n) is 6.01. The van der Waals surface area contributed by atoms with Crippen LogP contribution in [0.3, 0.4) is 0 Å². The molecule has 0 unspecified atom stereocenters. The average Bonchev–Trinajstić information content (AvgIpc) is 2.49. The van der Waals surface area contributed by atoms with Crippen LogP contribution in [0.2, 0.25) is 0 Å². The third-order valence-electron chi connectivity index (χ3n) is 2.91. The van der Waals surface area contributed by atoms with Crippen LogP contribution < -0.4 is 16.6 Å². The van der Waals surface area contributed by atoms with Crippen molar-refractivity contribution in [2.45, 2.75) is 6.92 Å². The van der Waals surface area contributed by atoms with Crippen molar-refractivity contribution in [1.82, 2.24) is 4.98 Å². The topological polar surface area (TPSA) is 123 Å². The van der Waals surface area contributed by atoms with Crippen LogP contribution in [0.1, 0.15) is 16.1 Å². The summed E-state index contributed by atoms with van der Waals surface area (Å²) in [6, 6.07) is 7.58. The average molecular weight is 287 g/mol. The van der Waals surface area contributed by atoms with Crippen LogP contribution >= 0.6 is 0 Å². The lowest BCUT2D eigenvalue weighted by atomic mass is 10.1. The van der Waals surface area contributed by atoms with Crippen molar-refractivity contribution in [3.8, 4) is 0 Å². The molecule has 1 heterocycles. The molecule has 21 heavy (non-hydrogen) atoms. The number of nitrogen functional groups attached to an aromatic ring is 1. The number of aromatic nitrogens is 1. The quantitative estimate of drug-likeness (QED) is 0.448. The van der Waals surface area contributed by atoms with Crippen molar-refractivity contribution in [2.24, 2.45) is 5.84 Å². The molecular weight excluding hydrogens is 274 g/mol. The maximum Gasteiger partial charge on any atom is 0.274 e. The fourth-order valence-electron chi connectivity index (χ4n) is 1.76. The smallest absolute Gasteiger partial charge is 0.274 e. The number of hydrogen-bond acceptors (Lipinski definition) is 6. The van der Waals surface area contributed by atoms with E-state index in [9.17, 15) is 14.9 Å². The van der Waals surface area contributed by atoms with Crippen molar-refractivity contribution in [2.75, 3.05) is 10.7 Å². The van der Waals surface area contributed by atoms with E-state index in [0.717, 1.165) is 0 Å². The van der Waals surface area contributed by atoms with E-state index in [2.05, 4.69) is 15.7 Å². The lowest BCUT2D eigenvalue weighted by Crippen LogP contribution is -2.15. The first-order valence-corrected chi connectivity index (χ1v) is 6.01. The molecule has 1 amide bonds. The van der Waals surface area contributed by atoms with E-state index in [0.29, 0.717) is 16.9 Å². The molecule has 8 heteroatoms. The van der Waals surface area contributed by atoms with Crippen LogP contribution in [0.4, 0.5) is 17.1 Å². The number of carbonyl (C=O) groups is 1. The first kappa shape index (κ1) is 14.4. The summed E-state index contributed by atoms with van der Waals surface area (Å²) >= 11 is 0. The highest BCUT2D eigenvalue weighted by Gasteiger charge is 2.15. The van der Waals surface area contributed by atoms with Crippen molar-refractivity contribution in [3.63, 3.8) is 0 Å². The van der Waals surface area contributed by atoms with Crippen molar-refractivity contribution in [1.29, 1.82) is 0 Å². The molecule has 1 aromatic heterocycles. The highest BCUT2D eigenvalue weighted by Crippen LogP contribution is 2.25. The molecule has 1 aromatic carbocycles. The van der Waals surface area contributed by atoms with Gasteiger partial charge >= 0.3 is 0 Å². The van der Waals surface area contributed by atoms with Gasteiger partial charge in [-0.2, -0.15) is 0 Å². The number of carbonyl (C=O) groups excluding carboxylic acids is 1. The van der Waals surface area contributed by atoms with Crippen molar-refractivity contribution >= 4 is 23.0 Å². The van der Waals surface area contributed by atoms with Gasteiger partial charge in [0.1, 0.15) is 5.69 Å². The van der Waals surface area contributed by atoms with E-state index in [4.69, 9.17) is 5.84 Å². The lowest BCUT2D eigenvalue weighted by Gasteiger charge is -2.08. The third-order valence-corrected chi connectivity index (χ3v) is 2.91. The third kappa shape index (κ3) is 3.12. The minimum absolute atomic E-state index is 0.0524. The maximum atomic E-state index is 12.1. The molecule has 0 spiro atoms. The minimum atomic E-state index is -0.495. The number of hydrazine groups is 1. The fraction of sp³-hybridized carbons (Fsp3) is 0.0769. The van der Waals surface area contributed by atoms with Crippen LogP contribution in [-0.2, 0) is 0 Å². The molecule has 0 aliphatic carbocycles. The van der Waals surface area contributed by atoms with Crippen LogP contribution in [0.25, 0.3) is 0 Å². The Balaban J connectivity index is 2.23. The van der Waals surface area contributed by atoms with Gasteiger partial charge in [0, 0.05) is 6.07 Å². The van der Waals surface area contributed by atoms with E-state index in [-0.39, 0.29) is 11.4 Å². The summed E-state index contributed by atoms with van der Waals surface area (Å²) in [5.41, 5.74) is 3.86. The molecule has 0 fully saturated rings. The number of rotatable bonds is 4. The lowest BCUT2D eigenvalue weighted by molar-refractivity contribution is -0.385. The van der Waals surface area contributed by atoms with E-state index in [1.54, 1.807) is 19.1 Å². The summed E-state index contributed by atoms with van der Waals surface area (Å²) in [6.45, 7) is 1.57. The first-order chi connectivity index (χ1) is 10.0. The number of hydrogen-bond donors (Lipinski definition) is 3. The Hall–Kier alpha value is -3.00. The zero-order valence-electron chi connectivity index (χ0n) is 11.2. The van der Waals surface area contributed by atoms with Gasteiger partial charge in [-0.3, -0.25) is 20.8 Å². The molecular formula is C13H13N5O3. The molecule has 0 aliphatic rings. The van der Waals surface area contributed by atoms with Crippen LogP contribution in [-0.4, -0.2) is 15.8 Å². The summed E-state index contributed by atoms with van der Waals surface area (Å²) < 4.78 is 0. The Morgan fingerprint density at radius 3 is 2.67 bits per heavy atom. The zero-order valence-corrected chi connectivity index (χ0v) is 11.2. The number of nitro groups is 1. The van der Waals surface area contributed by atoms with Gasteiger partial charge in [0.25, 0.3) is 11.6 Å². The minimum Gasteiger partial charge on any atom is -0.323 e. The Labute approximate surface area is 120 Å². The second kappa shape index (κ2) is 5.97. The van der Waals surface area contributed by atoms with Gasteiger partial charge in [0.2, 0.25) is 0 Å². The largest absolute Gasteiger partial charge is 0.323 e. The van der Waals surface area contributed by atoms with Crippen molar-refractivity contribution in [3.05, 3.63) is 57.9 Å². The van der Waals surface area contributed by atoms with Crippen LogP contribution in [0, 0.1) is 17.0 Å². The van der Waals surface area contributed by atoms with E-state index in [1.165, 1.54) is 24.4 Å². The van der Waals surface area contributed by atoms with Gasteiger partial charge in [0.15, 0.2) is 0 Å². The number of amides is 1. The zero-order chi connectivity index (χ0) is 15.4. The standard InChI is InChI=1S/C13H13N5O3/c1-8-10(3-2-4-12(8)18(20)21)16-13(19)11-6-5-9(17-14)7-15-11/h2-7,17H,14H2,1H3,(H,16,19). The number of benzene rings is 1. The number of nitro benzene ring substituents is 1. The predicted octanol–water partition coefficient (Wildman–Crippen LogP) is 1.84. The number of pyridine rings is 1. The molecule has 0 saturated carbocycles. The molecule has 0 saturated heterocycles. The van der Waals surface area contributed by atoms with E-state index in [1.807, 2.05) is 0 Å². The molecule has 0 atom stereocenters. The van der Waals surface area contributed by atoms with Gasteiger partial charge < -0.3 is 10.7 Å². The maximum absolute atomic E-state index is 12.1. The molecule has 2 aromatic rings. The van der Waals surface area contributed by atoms with Gasteiger partial charge in [-0.1, -0.05) is 6.07 Å². The molecule has 108 valence electrons. The van der Waals surface area contributed by atoms with Crippen LogP contribution in [0.5, 0.6) is 0 Å². The van der Waals surface area contributed by atoms with Gasteiger partial charge in [-0.25, -0.2) is 4.98 Å². The number of nitrogens with one attached hydrogen (secondary N) is 2. The second-order valence-electron chi connectivity index (χ2n) is 4.24. The van der Waals surface area contributed by atoms with E-state index >= 15 is 0 Å². The molecule has 0 radical (unpaired) electrons. The molecule has 0 aliphatic heterocycles.